The van der Waals surface area contributed by atoms with Gasteiger partial charge in [-0.1, -0.05) is 11.6 Å². The van der Waals surface area contributed by atoms with Crippen molar-refractivity contribution in [1.29, 1.82) is 0 Å². The van der Waals surface area contributed by atoms with Crippen LogP contribution in [0.1, 0.15) is 5.56 Å². The Kier molecular flexibility index (Phi) is 7.36. The number of rotatable bonds is 8. The van der Waals surface area contributed by atoms with Gasteiger partial charge in [-0.15, -0.1) is 0 Å². The van der Waals surface area contributed by atoms with Crippen molar-refractivity contribution in [2.24, 2.45) is 0 Å². The van der Waals surface area contributed by atoms with Crippen LogP contribution >= 0.6 is 11.6 Å². The summed E-state index contributed by atoms with van der Waals surface area (Å²) >= 11 is 5.89. The molecule has 0 radical (unpaired) electrons. The van der Waals surface area contributed by atoms with Crippen LogP contribution in [0.4, 0.5) is 14.5 Å². The van der Waals surface area contributed by atoms with Gasteiger partial charge < -0.3 is 19.5 Å². The highest BCUT2D eigenvalue weighted by atomic mass is 35.5. The van der Waals surface area contributed by atoms with Crippen LogP contribution in [0.3, 0.4) is 0 Å². The van der Waals surface area contributed by atoms with E-state index in [0.29, 0.717) is 22.0 Å². The molecule has 0 unspecified atom stereocenters. The van der Waals surface area contributed by atoms with E-state index in [1.165, 1.54) is 31.4 Å². The average molecular weight is 400 g/mol. The van der Waals surface area contributed by atoms with Gasteiger partial charge in [0.25, 0.3) is 5.91 Å². The second-order valence-corrected chi connectivity index (χ2v) is 5.68. The summed E-state index contributed by atoms with van der Waals surface area (Å²) in [6.07, 6.45) is -0.114. The number of benzene rings is 2. The van der Waals surface area contributed by atoms with Crippen molar-refractivity contribution in [3.8, 4) is 11.5 Å². The van der Waals surface area contributed by atoms with Gasteiger partial charge in [-0.3, -0.25) is 9.59 Å². The van der Waals surface area contributed by atoms with Crippen molar-refractivity contribution in [2.45, 2.75) is 13.0 Å². The molecule has 0 bridgehead atoms. The minimum atomic E-state index is -2.93. The molecule has 0 heterocycles. The summed E-state index contributed by atoms with van der Waals surface area (Å²) < 4.78 is 38.4. The molecule has 0 aliphatic rings. The second-order valence-electron chi connectivity index (χ2n) is 5.24. The number of alkyl halides is 2. The van der Waals surface area contributed by atoms with Crippen LogP contribution in [0.25, 0.3) is 0 Å². The van der Waals surface area contributed by atoms with Crippen LogP contribution in [0.15, 0.2) is 42.5 Å². The number of hydrogen-bond acceptors (Lipinski definition) is 5. The van der Waals surface area contributed by atoms with Crippen LogP contribution < -0.4 is 14.8 Å². The van der Waals surface area contributed by atoms with Gasteiger partial charge in [-0.25, -0.2) is 0 Å². The molecule has 0 atom stereocenters. The van der Waals surface area contributed by atoms with Gasteiger partial charge in [-0.2, -0.15) is 8.78 Å². The summed E-state index contributed by atoms with van der Waals surface area (Å²) in [5, 5.41) is 2.91. The van der Waals surface area contributed by atoms with Crippen LogP contribution in [-0.2, 0) is 20.7 Å². The van der Waals surface area contributed by atoms with Crippen molar-refractivity contribution < 1.29 is 32.6 Å². The van der Waals surface area contributed by atoms with Gasteiger partial charge in [0.15, 0.2) is 6.61 Å². The van der Waals surface area contributed by atoms with Gasteiger partial charge in [0.05, 0.1) is 13.5 Å². The number of ether oxygens (including phenoxy) is 3. The number of hydrogen-bond donors (Lipinski definition) is 1. The molecule has 0 saturated carbocycles. The number of methoxy groups -OCH3 is 1. The van der Waals surface area contributed by atoms with Crippen molar-refractivity contribution in [2.75, 3.05) is 19.0 Å². The van der Waals surface area contributed by atoms with E-state index in [4.69, 9.17) is 21.1 Å². The van der Waals surface area contributed by atoms with Crippen LogP contribution in [0.5, 0.6) is 11.5 Å². The van der Waals surface area contributed by atoms with E-state index in [-0.39, 0.29) is 12.2 Å². The third-order valence-electron chi connectivity index (χ3n) is 3.30. The van der Waals surface area contributed by atoms with Crippen molar-refractivity contribution in [3.63, 3.8) is 0 Å². The highest BCUT2D eigenvalue weighted by Crippen LogP contribution is 2.23. The molecular formula is C18H16ClF2NO5. The fraction of sp³-hybridized carbons (Fsp3) is 0.222. The predicted octanol–water partition coefficient (Wildman–Crippen LogP) is 3.67. The molecule has 6 nitrogen and oxygen atoms in total. The number of carbonyl (C=O) groups excluding carboxylic acids is 2. The minimum absolute atomic E-state index is 0.0371. The lowest BCUT2D eigenvalue weighted by Crippen LogP contribution is -2.21. The molecule has 0 spiro atoms. The summed E-state index contributed by atoms with van der Waals surface area (Å²) in [5.74, 6) is -0.771. The van der Waals surface area contributed by atoms with E-state index >= 15 is 0 Å². The summed E-state index contributed by atoms with van der Waals surface area (Å²) in [6, 6.07) is 10.1. The fourth-order valence-corrected chi connectivity index (χ4v) is 2.35. The van der Waals surface area contributed by atoms with Gasteiger partial charge in [-0.05, 0) is 42.5 Å². The molecule has 2 rings (SSSR count). The number of esters is 1. The van der Waals surface area contributed by atoms with Gasteiger partial charge in [0.2, 0.25) is 0 Å². The Morgan fingerprint density at radius 3 is 2.48 bits per heavy atom. The first-order valence-corrected chi connectivity index (χ1v) is 8.08. The molecule has 0 saturated heterocycles. The van der Waals surface area contributed by atoms with Gasteiger partial charge >= 0.3 is 12.6 Å². The molecule has 0 aliphatic heterocycles. The lowest BCUT2D eigenvalue weighted by molar-refractivity contribution is -0.146. The van der Waals surface area contributed by atoms with Crippen molar-refractivity contribution in [1.82, 2.24) is 0 Å². The third kappa shape index (κ3) is 6.74. The molecular weight excluding hydrogens is 384 g/mol. The molecule has 0 aliphatic carbocycles. The first kappa shape index (κ1) is 20.4. The summed E-state index contributed by atoms with van der Waals surface area (Å²) in [6.45, 7) is -3.43. The quantitative estimate of drug-likeness (QED) is 0.685. The number of nitrogens with one attached hydrogen (secondary N) is 1. The molecule has 2 aromatic rings. The zero-order valence-corrected chi connectivity index (χ0v) is 15.0. The molecule has 27 heavy (non-hydrogen) atoms. The van der Waals surface area contributed by atoms with Crippen LogP contribution in [0, 0.1) is 0 Å². The number of halogens is 3. The Morgan fingerprint density at radius 1 is 1.15 bits per heavy atom. The Labute approximate surface area is 159 Å². The summed E-state index contributed by atoms with van der Waals surface area (Å²) in [7, 11) is 1.46. The van der Waals surface area contributed by atoms with Crippen molar-refractivity contribution in [3.05, 3.63) is 53.1 Å². The van der Waals surface area contributed by atoms with E-state index in [0.717, 1.165) is 0 Å². The number of amides is 1. The Morgan fingerprint density at radius 2 is 1.85 bits per heavy atom. The first-order chi connectivity index (χ1) is 12.9. The molecule has 2 aromatic carbocycles. The Balaban J connectivity index is 1.83. The van der Waals surface area contributed by atoms with Gasteiger partial charge in [0.1, 0.15) is 11.5 Å². The fourth-order valence-electron chi connectivity index (χ4n) is 2.15. The Hall–Kier alpha value is -2.87. The first-order valence-electron chi connectivity index (χ1n) is 7.70. The predicted molar refractivity (Wildman–Crippen MR) is 94.4 cm³/mol. The maximum absolute atomic E-state index is 12.1. The molecule has 0 fully saturated rings. The van der Waals surface area contributed by atoms with Gasteiger partial charge in [0, 0.05) is 16.3 Å². The van der Waals surface area contributed by atoms with E-state index < -0.39 is 25.1 Å². The maximum Gasteiger partial charge on any atom is 0.387 e. The SMILES string of the molecule is COc1ccc(Cl)cc1CC(=O)OCC(=O)Nc1ccc(OC(F)F)cc1. The van der Waals surface area contributed by atoms with E-state index in [1.54, 1.807) is 18.2 Å². The van der Waals surface area contributed by atoms with Crippen LogP contribution in [0.2, 0.25) is 5.02 Å². The number of carbonyl (C=O) groups is 2. The highest BCUT2D eigenvalue weighted by Gasteiger charge is 2.13. The second kappa shape index (κ2) is 9.72. The van der Waals surface area contributed by atoms with E-state index in [2.05, 4.69) is 10.1 Å². The largest absolute Gasteiger partial charge is 0.496 e. The highest BCUT2D eigenvalue weighted by molar-refractivity contribution is 6.30. The topological polar surface area (TPSA) is 73.9 Å². The standard InChI is InChI=1S/C18H16ClF2NO5/c1-25-15-7-2-12(19)8-11(15)9-17(24)26-10-16(23)22-13-3-5-14(6-4-13)27-18(20)21/h2-8,18H,9-10H2,1H3,(H,22,23). The normalized spacial score (nSPS) is 10.4. The van der Waals surface area contributed by atoms with E-state index in [9.17, 15) is 18.4 Å². The lowest BCUT2D eigenvalue weighted by Gasteiger charge is -2.10. The average Bonchev–Trinajstić information content (AvgIpc) is 2.61. The zero-order chi connectivity index (χ0) is 19.8. The van der Waals surface area contributed by atoms with Crippen molar-refractivity contribution >= 4 is 29.2 Å². The monoisotopic (exact) mass is 399 g/mol. The number of anilines is 1. The summed E-state index contributed by atoms with van der Waals surface area (Å²) in [4.78, 5) is 23.7. The molecule has 0 aromatic heterocycles. The summed E-state index contributed by atoms with van der Waals surface area (Å²) in [5.41, 5.74) is 0.874. The minimum Gasteiger partial charge on any atom is -0.496 e. The Bertz CT molecular complexity index is 799. The molecule has 1 N–H and O–H groups in total. The lowest BCUT2D eigenvalue weighted by atomic mass is 10.1. The molecule has 144 valence electrons. The molecule has 1 amide bonds. The third-order valence-corrected chi connectivity index (χ3v) is 3.54. The van der Waals surface area contributed by atoms with E-state index in [1.807, 2.05) is 0 Å². The smallest absolute Gasteiger partial charge is 0.387 e. The maximum atomic E-state index is 12.1. The molecule has 9 heteroatoms. The van der Waals surface area contributed by atoms with Crippen LogP contribution in [-0.4, -0.2) is 32.2 Å². The zero-order valence-electron chi connectivity index (χ0n) is 14.2.